The van der Waals surface area contributed by atoms with Crippen molar-refractivity contribution in [1.82, 2.24) is 19.9 Å². The van der Waals surface area contributed by atoms with Gasteiger partial charge < -0.3 is 4.74 Å². The second-order valence-corrected chi connectivity index (χ2v) is 7.76. The van der Waals surface area contributed by atoms with Crippen molar-refractivity contribution in [2.24, 2.45) is 4.99 Å². The van der Waals surface area contributed by atoms with E-state index < -0.39 is 0 Å². The van der Waals surface area contributed by atoms with Crippen molar-refractivity contribution in [3.05, 3.63) is 90.0 Å². The maximum absolute atomic E-state index is 5.64. The maximum atomic E-state index is 5.64. The zero-order valence-corrected chi connectivity index (χ0v) is 17.6. The first kappa shape index (κ1) is 19.6. The molecular weight excluding hydrogens is 386 g/mol. The molecule has 5 rings (SSSR count). The number of para-hydroxylation sites is 1. The van der Waals surface area contributed by atoms with Crippen LogP contribution in [-0.4, -0.2) is 52.0 Å². The summed E-state index contributed by atoms with van der Waals surface area (Å²) in [6.45, 7) is 5.16. The Morgan fingerprint density at radius 2 is 1.61 bits per heavy atom. The molecule has 0 bridgehead atoms. The molecule has 1 aliphatic rings. The van der Waals surface area contributed by atoms with E-state index in [2.05, 4.69) is 70.7 Å². The zero-order chi connectivity index (χ0) is 21.0. The molecule has 1 aliphatic heterocycles. The van der Waals surface area contributed by atoms with Crippen LogP contribution in [0.15, 0.2) is 83.9 Å². The van der Waals surface area contributed by atoms with Gasteiger partial charge in [-0.25, -0.2) is 4.99 Å². The van der Waals surface area contributed by atoms with Gasteiger partial charge in [0.2, 0.25) is 0 Å². The number of rotatable bonds is 4. The van der Waals surface area contributed by atoms with E-state index in [1.165, 1.54) is 11.1 Å². The van der Waals surface area contributed by atoms with Crippen LogP contribution in [-0.2, 0) is 4.74 Å². The van der Waals surface area contributed by atoms with Crippen LogP contribution in [0.2, 0.25) is 0 Å². The van der Waals surface area contributed by atoms with Gasteiger partial charge >= 0.3 is 0 Å². The van der Waals surface area contributed by atoms with Gasteiger partial charge in [-0.15, -0.1) is 5.10 Å². The number of morpholine rings is 1. The molecule has 3 aromatic carbocycles. The van der Waals surface area contributed by atoms with Crippen molar-refractivity contribution in [2.75, 3.05) is 26.3 Å². The lowest BCUT2D eigenvalue weighted by Gasteiger charge is -2.35. The van der Waals surface area contributed by atoms with E-state index in [0.29, 0.717) is 13.2 Å². The summed E-state index contributed by atoms with van der Waals surface area (Å²) < 4.78 is 7.53. The smallest absolute Gasteiger partial charge is 0.154 e. The molecule has 0 N–H and O–H groups in total. The van der Waals surface area contributed by atoms with Gasteiger partial charge in [-0.3, -0.25) is 4.90 Å². The minimum atomic E-state index is -0.0727. The molecule has 0 radical (unpaired) electrons. The SMILES string of the molecule is Cc1ccc(N=C(C(c2ccccc2)N2CCOCC2)n2nnc3ccccc32)cc1. The Balaban J connectivity index is 1.71. The number of benzene rings is 3. The standard InChI is InChI=1S/C25H25N5O/c1-19-11-13-21(14-12-19)26-25(30-23-10-6-5-9-22(23)27-28-30)24(20-7-3-2-4-8-20)29-15-17-31-18-16-29/h2-14,24H,15-18H2,1H3. The molecule has 1 fully saturated rings. The number of ether oxygens (including phenoxy) is 1. The minimum absolute atomic E-state index is 0.0727. The largest absolute Gasteiger partial charge is 0.379 e. The number of aliphatic imine (C=N–C) groups is 1. The molecule has 156 valence electrons. The van der Waals surface area contributed by atoms with Crippen molar-refractivity contribution in [1.29, 1.82) is 0 Å². The summed E-state index contributed by atoms with van der Waals surface area (Å²) in [5.41, 5.74) is 5.08. The molecule has 6 heteroatoms. The van der Waals surface area contributed by atoms with Gasteiger partial charge in [-0.2, -0.15) is 4.68 Å². The molecule has 4 aromatic rings. The van der Waals surface area contributed by atoms with E-state index in [1.54, 1.807) is 0 Å². The summed E-state index contributed by atoms with van der Waals surface area (Å²) in [6.07, 6.45) is 0. The summed E-state index contributed by atoms with van der Waals surface area (Å²) in [7, 11) is 0. The summed E-state index contributed by atoms with van der Waals surface area (Å²) >= 11 is 0. The Bertz CT molecular complexity index is 1180. The van der Waals surface area contributed by atoms with Gasteiger partial charge in [0, 0.05) is 13.1 Å². The van der Waals surface area contributed by atoms with E-state index in [4.69, 9.17) is 9.73 Å². The third-order valence-electron chi connectivity index (χ3n) is 5.62. The summed E-state index contributed by atoms with van der Waals surface area (Å²) in [4.78, 5) is 7.56. The Hall–Kier alpha value is -3.35. The topological polar surface area (TPSA) is 55.5 Å². The van der Waals surface area contributed by atoms with Gasteiger partial charge in [-0.05, 0) is 36.8 Å². The average Bonchev–Trinajstić information content (AvgIpc) is 3.25. The molecule has 0 aliphatic carbocycles. The van der Waals surface area contributed by atoms with Gasteiger partial charge in [0.25, 0.3) is 0 Å². The van der Waals surface area contributed by atoms with Crippen LogP contribution in [0.5, 0.6) is 0 Å². The molecule has 31 heavy (non-hydrogen) atoms. The van der Waals surface area contributed by atoms with E-state index in [1.807, 2.05) is 35.0 Å². The molecule has 0 amide bonds. The molecule has 1 saturated heterocycles. The fourth-order valence-corrected chi connectivity index (χ4v) is 4.01. The zero-order valence-electron chi connectivity index (χ0n) is 17.6. The van der Waals surface area contributed by atoms with Crippen LogP contribution in [0, 0.1) is 6.92 Å². The van der Waals surface area contributed by atoms with E-state index in [0.717, 1.165) is 35.6 Å². The Kier molecular flexibility index (Phi) is 5.56. The predicted octanol–water partition coefficient (Wildman–Crippen LogP) is 4.39. The highest BCUT2D eigenvalue weighted by molar-refractivity contribution is 5.97. The monoisotopic (exact) mass is 411 g/mol. The van der Waals surface area contributed by atoms with E-state index in [9.17, 15) is 0 Å². The first-order chi connectivity index (χ1) is 15.3. The number of fused-ring (bicyclic) bond motifs is 1. The van der Waals surface area contributed by atoms with Gasteiger partial charge in [0.15, 0.2) is 5.84 Å². The first-order valence-corrected chi connectivity index (χ1v) is 10.6. The molecule has 0 spiro atoms. The first-order valence-electron chi connectivity index (χ1n) is 10.6. The van der Waals surface area contributed by atoms with E-state index in [-0.39, 0.29) is 6.04 Å². The fourth-order valence-electron chi connectivity index (χ4n) is 4.01. The Morgan fingerprint density at radius 1 is 0.903 bits per heavy atom. The molecule has 1 unspecified atom stereocenters. The third kappa shape index (κ3) is 4.13. The highest BCUT2D eigenvalue weighted by Gasteiger charge is 2.30. The molecular formula is C25H25N5O. The van der Waals surface area contributed by atoms with Crippen molar-refractivity contribution < 1.29 is 4.74 Å². The fraction of sp³-hybridized carbons (Fsp3) is 0.240. The number of aryl methyl sites for hydroxylation is 1. The lowest BCUT2D eigenvalue weighted by atomic mass is 10.0. The summed E-state index contributed by atoms with van der Waals surface area (Å²) in [6, 6.07) is 26.7. The molecule has 0 saturated carbocycles. The second-order valence-electron chi connectivity index (χ2n) is 7.76. The quantitative estimate of drug-likeness (QED) is 0.369. The van der Waals surface area contributed by atoms with Crippen molar-refractivity contribution in [3.63, 3.8) is 0 Å². The summed E-state index contributed by atoms with van der Waals surface area (Å²) in [5.74, 6) is 0.839. The predicted molar refractivity (Wildman–Crippen MR) is 123 cm³/mol. The van der Waals surface area contributed by atoms with Crippen molar-refractivity contribution in [3.8, 4) is 0 Å². The summed E-state index contributed by atoms with van der Waals surface area (Å²) in [5, 5.41) is 8.93. The normalized spacial score (nSPS) is 16.5. The second kappa shape index (κ2) is 8.79. The number of hydrogen-bond donors (Lipinski definition) is 0. The van der Waals surface area contributed by atoms with Crippen LogP contribution in [0.1, 0.15) is 17.2 Å². The average molecular weight is 412 g/mol. The number of nitrogens with zero attached hydrogens (tertiary/aromatic N) is 5. The lowest BCUT2D eigenvalue weighted by Crippen LogP contribution is -2.44. The van der Waals surface area contributed by atoms with E-state index >= 15 is 0 Å². The van der Waals surface area contributed by atoms with Crippen LogP contribution in [0.4, 0.5) is 5.69 Å². The molecule has 2 heterocycles. The maximum Gasteiger partial charge on any atom is 0.154 e. The third-order valence-corrected chi connectivity index (χ3v) is 5.62. The van der Waals surface area contributed by atoms with Gasteiger partial charge in [0.1, 0.15) is 5.52 Å². The highest BCUT2D eigenvalue weighted by Crippen LogP contribution is 2.28. The van der Waals surface area contributed by atoms with Crippen molar-refractivity contribution >= 4 is 22.6 Å². The van der Waals surface area contributed by atoms with Crippen LogP contribution in [0.3, 0.4) is 0 Å². The molecule has 6 nitrogen and oxygen atoms in total. The van der Waals surface area contributed by atoms with Crippen molar-refractivity contribution in [2.45, 2.75) is 13.0 Å². The Labute approximate surface area is 181 Å². The van der Waals surface area contributed by atoms with Crippen LogP contribution in [0.25, 0.3) is 11.0 Å². The highest BCUT2D eigenvalue weighted by atomic mass is 16.5. The van der Waals surface area contributed by atoms with Gasteiger partial charge in [0.05, 0.1) is 30.5 Å². The van der Waals surface area contributed by atoms with Crippen LogP contribution < -0.4 is 0 Å². The molecule has 1 atom stereocenters. The van der Waals surface area contributed by atoms with Crippen LogP contribution >= 0.6 is 0 Å². The Morgan fingerprint density at radius 3 is 2.39 bits per heavy atom. The minimum Gasteiger partial charge on any atom is -0.379 e. The number of aromatic nitrogens is 3. The molecule has 1 aromatic heterocycles. The number of hydrogen-bond acceptors (Lipinski definition) is 5. The van der Waals surface area contributed by atoms with Gasteiger partial charge in [-0.1, -0.05) is 65.4 Å². The lowest BCUT2D eigenvalue weighted by molar-refractivity contribution is 0.0281.